The van der Waals surface area contributed by atoms with E-state index < -0.39 is 10.8 Å². The Bertz CT molecular complexity index is 4760. The quantitative estimate of drug-likeness (QED) is 0.133. The first-order valence-electron chi connectivity index (χ1n) is 29.5. The van der Waals surface area contributed by atoms with Gasteiger partial charge in [0.2, 0.25) is 0 Å². The molecular weight excluding hydrogens is 1030 g/mol. The lowest BCUT2D eigenvalue weighted by molar-refractivity contribution is 0.767. The predicted octanol–water partition coefficient (Wildman–Crippen LogP) is 20.6. The van der Waals surface area contributed by atoms with Crippen LogP contribution in [0.1, 0.15) is 44.5 Å². The molecule has 15 aromatic rings. The Morgan fingerprint density at radius 3 is 1.18 bits per heavy atom. The van der Waals surface area contributed by atoms with E-state index in [1.165, 1.54) is 99.5 Å². The molecule has 0 saturated heterocycles. The van der Waals surface area contributed by atoms with E-state index in [1.54, 1.807) is 0 Å². The molecule has 3 nitrogen and oxygen atoms in total. The molecule has 0 radical (unpaired) electrons. The SMILES string of the molecule is c1ccc(-n2ccc3c2ccc2c4cc(-c5ccc(N(c6ccc7c(c6)C(c6ccccc6)(c6ccccc6)c6ccccc6-7)c6ccc7c(c6)C(c6ccccc6)(c6ccccc6)c6ccccc6-7)cc5)ccc4n(-c4ccccc4)c23)cc1. The third-order valence-corrected chi connectivity index (χ3v) is 18.5. The molecule has 0 amide bonds. The molecule has 2 aromatic heterocycles. The van der Waals surface area contributed by atoms with Crippen LogP contribution in [-0.4, -0.2) is 9.13 Å². The summed E-state index contributed by atoms with van der Waals surface area (Å²) in [6.45, 7) is 0. The zero-order valence-corrected chi connectivity index (χ0v) is 46.6. The largest absolute Gasteiger partial charge is 0.316 e. The van der Waals surface area contributed by atoms with Crippen molar-refractivity contribution in [3.05, 3.63) is 378 Å². The van der Waals surface area contributed by atoms with Crippen molar-refractivity contribution in [2.75, 3.05) is 4.90 Å². The topological polar surface area (TPSA) is 13.1 Å². The lowest BCUT2D eigenvalue weighted by Gasteiger charge is -2.36. The van der Waals surface area contributed by atoms with Gasteiger partial charge >= 0.3 is 0 Å². The molecular formula is C82H55N3. The normalized spacial score (nSPS) is 13.4. The van der Waals surface area contributed by atoms with Gasteiger partial charge in [-0.2, -0.15) is 0 Å². The molecule has 17 rings (SSSR count). The van der Waals surface area contributed by atoms with Crippen molar-refractivity contribution in [3.8, 4) is 44.8 Å². The van der Waals surface area contributed by atoms with E-state index in [4.69, 9.17) is 0 Å². The zero-order valence-electron chi connectivity index (χ0n) is 46.6. The number of fused-ring (bicyclic) bond motifs is 11. The second kappa shape index (κ2) is 19.3. The van der Waals surface area contributed by atoms with Gasteiger partial charge in [0.15, 0.2) is 0 Å². The predicted molar refractivity (Wildman–Crippen MR) is 352 cm³/mol. The van der Waals surface area contributed by atoms with E-state index in [-0.39, 0.29) is 0 Å². The first-order chi connectivity index (χ1) is 42.2. The summed E-state index contributed by atoms with van der Waals surface area (Å²) < 4.78 is 4.75. The standard InChI is InChI=1S/C82H55N3/c1-7-23-58(24-8-1)81(59-25-9-2-10-26-59)74-37-21-19-35-67(74)69-46-44-65(54-76(69)81)84(66-45-47-70-68-36-20-22-38-75(68)82(77(70)55-66,60-27-11-3-12-28-60)61-29-13-4-14-30-61)64-42-39-56(40-43-64)57-41-49-79-73(53-57)71-48-50-78-72(51-52-83(78)62-31-15-5-16-32-62)80(71)85(79)63-33-17-6-18-34-63/h1-55H. The average Bonchev–Trinajstić information content (AvgIpc) is 1.69. The van der Waals surface area contributed by atoms with Crippen LogP contribution in [0.2, 0.25) is 0 Å². The highest BCUT2D eigenvalue weighted by atomic mass is 15.1. The molecule has 3 heteroatoms. The molecule has 2 aliphatic rings. The summed E-state index contributed by atoms with van der Waals surface area (Å²) >= 11 is 0. The Kier molecular flexibility index (Phi) is 11.1. The zero-order chi connectivity index (χ0) is 56.1. The third-order valence-electron chi connectivity index (χ3n) is 18.5. The van der Waals surface area contributed by atoms with Crippen molar-refractivity contribution in [1.29, 1.82) is 0 Å². The molecule has 0 spiro atoms. The third kappa shape index (κ3) is 7.20. The van der Waals surface area contributed by atoms with Crippen LogP contribution in [0.3, 0.4) is 0 Å². The van der Waals surface area contributed by atoms with Gasteiger partial charge in [-0.3, -0.25) is 0 Å². The number of nitrogens with zero attached hydrogens (tertiary/aromatic N) is 3. The Morgan fingerprint density at radius 1 is 0.259 bits per heavy atom. The Morgan fingerprint density at radius 2 is 0.671 bits per heavy atom. The van der Waals surface area contributed by atoms with Crippen LogP contribution in [0.25, 0.3) is 77.5 Å². The number of aromatic nitrogens is 2. The van der Waals surface area contributed by atoms with Crippen LogP contribution in [0, 0.1) is 0 Å². The molecule has 2 aliphatic carbocycles. The highest BCUT2D eigenvalue weighted by Crippen LogP contribution is 2.60. The lowest BCUT2D eigenvalue weighted by atomic mass is 9.67. The van der Waals surface area contributed by atoms with Crippen molar-refractivity contribution >= 4 is 49.8 Å². The van der Waals surface area contributed by atoms with Gasteiger partial charge in [-0.15, -0.1) is 0 Å². The van der Waals surface area contributed by atoms with Gasteiger partial charge in [-0.1, -0.05) is 243 Å². The van der Waals surface area contributed by atoms with Gasteiger partial charge in [-0.25, -0.2) is 0 Å². The maximum absolute atomic E-state index is 2.50. The molecule has 0 bridgehead atoms. The monoisotopic (exact) mass is 1080 g/mol. The van der Waals surface area contributed by atoms with E-state index in [9.17, 15) is 0 Å². The van der Waals surface area contributed by atoms with E-state index in [0.29, 0.717) is 0 Å². The Hall–Kier alpha value is -11.0. The second-order valence-electron chi connectivity index (χ2n) is 22.7. The summed E-state index contributed by atoms with van der Waals surface area (Å²) in [5.74, 6) is 0. The minimum absolute atomic E-state index is 0.574. The molecule has 0 fully saturated rings. The van der Waals surface area contributed by atoms with Crippen LogP contribution in [-0.2, 0) is 10.8 Å². The smallest absolute Gasteiger partial charge is 0.0714 e. The number of hydrogen-bond acceptors (Lipinski definition) is 1. The number of benzene rings is 13. The maximum atomic E-state index is 2.50. The summed E-state index contributed by atoms with van der Waals surface area (Å²) in [6, 6.07) is 122. The first-order valence-corrected chi connectivity index (χ1v) is 29.5. The Balaban J connectivity index is 0.871. The highest BCUT2D eigenvalue weighted by molar-refractivity contribution is 6.19. The molecule has 0 saturated carbocycles. The van der Waals surface area contributed by atoms with Crippen LogP contribution in [0.15, 0.2) is 334 Å². The van der Waals surface area contributed by atoms with E-state index in [2.05, 4.69) is 348 Å². The van der Waals surface area contributed by atoms with Crippen molar-refractivity contribution in [1.82, 2.24) is 9.13 Å². The molecule has 398 valence electrons. The fraction of sp³-hybridized carbons (Fsp3) is 0.0244. The van der Waals surface area contributed by atoms with Crippen molar-refractivity contribution < 1.29 is 0 Å². The van der Waals surface area contributed by atoms with Crippen LogP contribution < -0.4 is 4.90 Å². The van der Waals surface area contributed by atoms with Gasteiger partial charge in [0.25, 0.3) is 0 Å². The summed E-state index contributed by atoms with van der Waals surface area (Å²) in [7, 11) is 0. The maximum Gasteiger partial charge on any atom is 0.0714 e. The number of rotatable bonds is 10. The van der Waals surface area contributed by atoms with E-state index in [1.807, 2.05) is 0 Å². The van der Waals surface area contributed by atoms with Crippen LogP contribution >= 0.6 is 0 Å². The van der Waals surface area contributed by atoms with Crippen molar-refractivity contribution in [2.45, 2.75) is 10.8 Å². The Labute approximate surface area is 494 Å². The van der Waals surface area contributed by atoms with Gasteiger partial charge in [0, 0.05) is 50.8 Å². The van der Waals surface area contributed by atoms with Gasteiger partial charge in [0.1, 0.15) is 0 Å². The molecule has 0 atom stereocenters. The van der Waals surface area contributed by atoms with Crippen LogP contribution in [0.5, 0.6) is 0 Å². The highest BCUT2D eigenvalue weighted by Gasteiger charge is 2.48. The minimum Gasteiger partial charge on any atom is -0.316 e. The van der Waals surface area contributed by atoms with Gasteiger partial charge in [-0.05, 0) is 163 Å². The first kappa shape index (κ1) is 48.7. The molecule has 0 unspecified atom stereocenters. The minimum atomic E-state index is -0.574. The number of anilines is 3. The van der Waals surface area contributed by atoms with Crippen molar-refractivity contribution in [2.24, 2.45) is 0 Å². The second-order valence-corrected chi connectivity index (χ2v) is 22.7. The van der Waals surface area contributed by atoms with Crippen molar-refractivity contribution in [3.63, 3.8) is 0 Å². The average molecular weight is 1080 g/mol. The molecule has 13 aromatic carbocycles. The molecule has 85 heavy (non-hydrogen) atoms. The molecule has 0 aliphatic heterocycles. The fourth-order valence-electron chi connectivity index (χ4n) is 15.0. The summed E-state index contributed by atoms with van der Waals surface area (Å²) in [5, 5.41) is 3.66. The lowest BCUT2D eigenvalue weighted by Crippen LogP contribution is -2.29. The van der Waals surface area contributed by atoms with Gasteiger partial charge in [0.05, 0.1) is 27.4 Å². The summed E-state index contributed by atoms with van der Waals surface area (Å²) in [5.41, 5.74) is 25.3. The molecule has 2 heterocycles. The summed E-state index contributed by atoms with van der Waals surface area (Å²) in [6.07, 6.45) is 2.21. The number of para-hydroxylation sites is 2. The van der Waals surface area contributed by atoms with Crippen LogP contribution in [0.4, 0.5) is 17.1 Å². The van der Waals surface area contributed by atoms with E-state index >= 15 is 0 Å². The van der Waals surface area contributed by atoms with E-state index in [0.717, 1.165) is 39.6 Å². The number of hydrogen-bond donors (Lipinski definition) is 0. The fourth-order valence-corrected chi connectivity index (χ4v) is 15.0. The molecule has 0 N–H and O–H groups in total. The van der Waals surface area contributed by atoms with Gasteiger partial charge < -0.3 is 14.0 Å². The summed E-state index contributed by atoms with van der Waals surface area (Å²) in [4.78, 5) is 2.50.